The number of carboxylic acid groups (broad SMARTS) is 1. The zero-order chi connectivity index (χ0) is 6.73. The third-order valence-electron chi connectivity index (χ3n) is 0.710. The van der Waals surface area contributed by atoms with Crippen molar-refractivity contribution in [1.29, 1.82) is 0 Å². The molecule has 0 unspecified atom stereocenters. The fourth-order valence-electron chi connectivity index (χ4n) is 0.206. The summed E-state index contributed by atoms with van der Waals surface area (Å²) in [4.78, 5) is 9.73. The number of carboxylic acids is 1. The van der Waals surface area contributed by atoms with Gasteiger partial charge < -0.3 is 20.8 Å². The molecule has 0 rings (SSSR count). The van der Waals surface area contributed by atoms with E-state index in [4.69, 9.17) is 15.3 Å². The average Bonchev–Trinajstić information content (AvgIpc) is 1.64. The number of aliphatic hydroxyl groups excluding tert-OH is 2. The molecule has 0 aliphatic carbocycles. The van der Waals surface area contributed by atoms with Crippen molar-refractivity contribution >= 4 is 5.97 Å². The monoisotopic (exact) mass is 161 g/mol. The van der Waals surface area contributed by atoms with Crippen LogP contribution in [0.3, 0.4) is 0 Å². The molecule has 5 N–H and O–H groups in total. The van der Waals surface area contributed by atoms with Crippen LogP contribution in [0.25, 0.3) is 0 Å². The summed E-state index contributed by atoms with van der Waals surface area (Å²) in [5.74, 6) is -1.40. The maximum atomic E-state index is 9.73. The van der Waals surface area contributed by atoms with Gasteiger partial charge in [0, 0.05) is 0 Å². The van der Waals surface area contributed by atoms with Gasteiger partial charge in [0.15, 0.2) is 6.10 Å². The third-order valence-corrected chi connectivity index (χ3v) is 0.710. The summed E-state index contributed by atoms with van der Waals surface area (Å²) in [5.41, 5.74) is 0. The molecule has 0 heterocycles. The van der Waals surface area contributed by atoms with Crippen LogP contribution in [0.4, 0.5) is 0 Å². The zero-order valence-electron chi connectivity index (χ0n) is 5.90. The van der Waals surface area contributed by atoms with Crippen LogP contribution in [0.5, 0.6) is 0 Å². The first-order valence-electron chi connectivity index (χ1n) is 2.14. The van der Waals surface area contributed by atoms with Crippen LogP contribution in [-0.4, -0.2) is 39.0 Å². The van der Waals surface area contributed by atoms with E-state index in [0.29, 0.717) is 0 Å². The van der Waals surface area contributed by atoms with Crippen LogP contribution in [0.15, 0.2) is 0 Å². The molecule has 56 valence electrons. The molecule has 0 radical (unpaired) electrons. The van der Waals surface area contributed by atoms with Crippen molar-refractivity contribution < 1.29 is 55.1 Å². The fraction of sp³-hybridized carbons (Fsp3) is 0.750. The predicted molar refractivity (Wildman–Crippen MR) is 28.9 cm³/mol. The molecule has 0 spiro atoms. The molecule has 5 nitrogen and oxygen atoms in total. The second kappa shape index (κ2) is 7.46. The van der Waals surface area contributed by atoms with Crippen LogP contribution < -0.4 is 29.6 Å². The van der Waals surface area contributed by atoms with Gasteiger partial charge >= 0.3 is 35.5 Å². The fourth-order valence-corrected chi connectivity index (χ4v) is 0.206. The van der Waals surface area contributed by atoms with Crippen molar-refractivity contribution in [3.63, 3.8) is 0 Å². The molecule has 0 amide bonds. The molecule has 0 aromatic rings. The van der Waals surface area contributed by atoms with Crippen LogP contribution in [0, 0.1) is 0 Å². The molecule has 0 fully saturated rings. The topological polar surface area (TPSA) is 109 Å². The molecule has 0 saturated carbocycles. The predicted octanol–water partition coefficient (Wildman–Crippen LogP) is -5.01. The first-order chi connectivity index (χ1) is 3.55. The zero-order valence-corrected chi connectivity index (χ0v) is 7.90. The molecule has 10 heavy (non-hydrogen) atoms. The van der Waals surface area contributed by atoms with Gasteiger partial charge in [-0.05, 0) is 6.92 Å². The molecule has 0 aliphatic rings. The number of hydrogen-bond donors (Lipinski definition) is 3. The van der Waals surface area contributed by atoms with Gasteiger partial charge in [0.25, 0.3) is 0 Å². The van der Waals surface area contributed by atoms with Gasteiger partial charge in [-0.3, -0.25) is 0 Å². The van der Waals surface area contributed by atoms with E-state index < -0.39 is 18.2 Å². The Morgan fingerprint density at radius 2 is 1.70 bits per heavy atom. The summed E-state index contributed by atoms with van der Waals surface area (Å²) in [5, 5.41) is 24.7. The Morgan fingerprint density at radius 1 is 1.40 bits per heavy atom. The summed E-state index contributed by atoms with van der Waals surface area (Å²) in [6.45, 7) is 1.21. The van der Waals surface area contributed by atoms with Gasteiger partial charge in [-0.2, -0.15) is 0 Å². The number of aliphatic carboxylic acids is 1. The van der Waals surface area contributed by atoms with E-state index >= 15 is 0 Å². The maximum absolute atomic E-state index is 9.73. The molecular weight excluding hydrogens is 151 g/mol. The minimum atomic E-state index is -1.66. The van der Waals surface area contributed by atoms with E-state index in [9.17, 15) is 4.79 Å². The van der Waals surface area contributed by atoms with Crippen molar-refractivity contribution in [2.24, 2.45) is 0 Å². The largest absolute Gasteiger partial charge is 1.00 e. The van der Waals surface area contributed by atoms with Crippen molar-refractivity contribution in [3.05, 3.63) is 0 Å². The average molecular weight is 161 g/mol. The van der Waals surface area contributed by atoms with Crippen LogP contribution >= 0.6 is 0 Å². The van der Waals surface area contributed by atoms with Crippen LogP contribution in [0.2, 0.25) is 0 Å². The van der Waals surface area contributed by atoms with Gasteiger partial charge in [0.2, 0.25) is 0 Å². The smallest absolute Gasteiger partial charge is 0.479 e. The minimum absolute atomic E-state index is 0. The summed E-state index contributed by atoms with van der Waals surface area (Å²) in [6.07, 6.45) is -2.86. The summed E-state index contributed by atoms with van der Waals surface area (Å²) in [6, 6.07) is 0. The van der Waals surface area contributed by atoms with E-state index in [-0.39, 0.29) is 35.0 Å². The Morgan fingerprint density at radius 3 is 1.70 bits per heavy atom. The van der Waals surface area contributed by atoms with Crippen LogP contribution in [-0.2, 0) is 4.79 Å². The second-order valence-corrected chi connectivity index (χ2v) is 1.52. The molecule has 0 bridgehead atoms. The van der Waals surface area contributed by atoms with Crippen molar-refractivity contribution in [2.75, 3.05) is 0 Å². The normalized spacial score (nSPS) is 13.9. The Balaban J connectivity index is -0.000000245. The first kappa shape index (κ1) is 16.7. The van der Waals surface area contributed by atoms with E-state index in [1.165, 1.54) is 6.92 Å². The number of carbonyl (C=O) groups is 1. The Bertz CT molecular complexity index is 93.6. The van der Waals surface area contributed by atoms with Crippen molar-refractivity contribution in [1.82, 2.24) is 0 Å². The van der Waals surface area contributed by atoms with Crippen molar-refractivity contribution in [2.45, 2.75) is 19.1 Å². The molecule has 0 aliphatic heterocycles. The Labute approximate surface area is 80.3 Å². The SMILES string of the molecule is C[C@@H](O)[C@H](O)C(=O)O.O.[Na+]. The Kier molecular flexibility index (Phi) is 12.5. The summed E-state index contributed by atoms with van der Waals surface area (Å²) < 4.78 is 0. The van der Waals surface area contributed by atoms with E-state index in [1.54, 1.807) is 0 Å². The van der Waals surface area contributed by atoms with E-state index in [1.807, 2.05) is 0 Å². The molecule has 0 aromatic carbocycles. The van der Waals surface area contributed by atoms with E-state index in [2.05, 4.69) is 0 Å². The summed E-state index contributed by atoms with van der Waals surface area (Å²) in [7, 11) is 0. The number of aliphatic hydroxyl groups is 2. The van der Waals surface area contributed by atoms with Gasteiger partial charge in [0.1, 0.15) is 0 Å². The van der Waals surface area contributed by atoms with Gasteiger partial charge in [-0.1, -0.05) is 0 Å². The minimum Gasteiger partial charge on any atom is -0.479 e. The van der Waals surface area contributed by atoms with Crippen LogP contribution in [0.1, 0.15) is 6.92 Å². The molecular formula is C4H10NaO5+. The quantitative estimate of drug-likeness (QED) is 0.352. The maximum Gasteiger partial charge on any atom is 1.00 e. The molecule has 6 heteroatoms. The van der Waals surface area contributed by atoms with Gasteiger partial charge in [-0.15, -0.1) is 0 Å². The second-order valence-electron chi connectivity index (χ2n) is 1.52. The van der Waals surface area contributed by atoms with E-state index in [0.717, 1.165) is 0 Å². The standard InChI is InChI=1S/C4H8O4.Na.H2O/c1-2(5)3(6)4(7)8;;/h2-3,5-6H,1H3,(H,7,8);;1H2/q;+1;/t2-,3+;;/m1../s1. The number of hydrogen-bond acceptors (Lipinski definition) is 3. The van der Waals surface area contributed by atoms with Gasteiger partial charge in [0.05, 0.1) is 6.10 Å². The van der Waals surface area contributed by atoms with Gasteiger partial charge in [-0.25, -0.2) is 4.79 Å². The molecule has 2 atom stereocenters. The first-order valence-corrected chi connectivity index (χ1v) is 2.14. The molecule has 0 aromatic heterocycles. The van der Waals surface area contributed by atoms with Crippen molar-refractivity contribution in [3.8, 4) is 0 Å². The third kappa shape index (κ3) is 6.47. The number of rotatable bonds is 2. The Hall–Kier alpha value is 0.350. The molecule has 0 saturated heterocycles. The summed E-state index contributed by atoms with van der Waals surface area (Å²) >= 11 is 0.